The molecule has 1 aliphatic rings. The van der Waals surface area contributed by atoms with Gasteiger partial charge in [-0.1, -0.05) is 18.2 Å². The smallest absolute Gasteiger partial charge is 0.233 e. The lowest BCUT2D eigenvalue weighted by Gasteiger charge is -2.12. The molecule has 21 heavy (non-hydrogen) atoms. The summed E-state index contributed by atoms with van der Waals surface area (Å²) in [5.74, 6) is -0.774. The lowest BCUT2D eigenvalue weighted by atomic mass is 10.0. The number of anilines is 2. The minimum atomic E-state index is -0.500. The second kappa shape index (κ2) is 5.44. The van der Waals surface area contributed by atoms with Crippen molar-refractivity contribution in [2.45, 2.75) is 5.92 Å². The monoisotopic (exact) mass is 286 g/mol. The van der Waals surface area contributed by atoms with E-state index in [9.17, 15) is 9.18 Å². The van der Waals surface area contributed by atoms with E-state index in [4.69, 9.17) is 4.74 Å². The van der Waals surface area contributed by atoms with Crippen molar-refractivity contribution in [2.24, 2.45) is 0 Å². The quantitative estimate of drug-likeness (QED) is 0.912. The van der Waals surface area contributed by atoms with E-state index in [1.165, 1.54) is 19.2 Å². The van der Waals surface area contributed by atoms with Crippen molar-refractivity contribution in [1.82, 2.24) is 0 Å². The molecule has 1 aliphatic heterocycles. The predicted molar refractivity (Wildman–Crippen MR) is 79.3 cm³/mol. The van der Waals surface area contributed by atoms with Gasteiger partial charge in [-0.15, -0.1) is 0 Å². The van der Waals surface area contributed by atoms with Gasteiger partial charge in [0, 0.05) is 24.0 Å². The van der Waals surface area contributed by atoms with Gasteiger partial charge in [0.1, 0.15) is 0 Å². The summed E-state index contributed by atoms with van der Waals surface area (Å²) in [5, 5.41) is 5.93. The summed E-state index contributed by atoms with van der Waals surface area (Å²) < 4.78 is 18.5. The zero-order valence-corrected chi connectivity index (χ0v) is 11.5. The van der Waals surface area contributed by atoms with E-state index in [0.717, 1.165) is 11.3 Å². The van der Waals surface area contributed by atoms with E-state index < -0.39 is 5.82 Å². The fourth-order valence-electron chi connectivity index (χ4n) is 2.49. The number of rotatable bonds is 3. The number of ether oxygens (including phenoxy) is 1. The fraction of sp³-hybridized carbons (Fsp3) is 0.188. The van der Waals surface area contributed by atoms with Crippen LogP contribution in [0.1, 0.15) is 11.5 Å². The van der Waals surface area contributed by atoms with Crippen LogP contribution in [-0.2, 0) is 4.79 Å². The van der Waals surface area contributed by atoms with Gasteiger partial charge in [0.05, 0.1) is 13.0 Å². The summed E-state index contributed by atoms with van der Waals surface area (Å²) in [6, 6.07) is 12.1. The molecular formula is C16H15FN2O2. The summed E-state index contributed by atoms with van der Waals surface area (Å²) in [5.41, 5.74) is 2.35. The first-order valence-corrected chi connectivity index (χ1v) is 6.66. The summed E-state index contributed by atoms with van der Waals surface area (Å²) in [4.78, 5) is 12.3. The van der Waals surface area contributed by atoms with Crippen LogP contribution in [0.5, 0.6) is 5.75 Å². The van der Waals surface area contributed by atoms with Crippen molar-refractivity contribution >= 4 is 17.3 Å². The van der Waals surface area contributed by atoms with Crippen LogP contribution >= 0.6 is 0 Å². The maximum Gasteiger partial charge on any atom is 0.233 e. The molecule has 1 heterocycles. The minimum Gasteiger partial charge on any atom is -0.494 e. The van der Waals surface area contributed by atoms with Crippen molar-refractivity contribution in [2.75, 3.05) is 24.3 Å². The van der Waals surface area contributed by atoms with Crippen molar-refractivity contribution in [1.29, 1.82) is 0 Å². The molecule has 0 saturated carbocycles. The Labute approximate surface area is 121 Å². The van der Waals surface area contributed by atoms with Crippen molar-refractivity contribution < 1.29 is 13.9 Å². The number of benzene rings is 2. The highest BCUT2D eigenvalue weighted by molar-refractivity contribution is 5.98. The topological polar surface area (TPSA) is 50.4 Å². The van der Waals surface area contributed by atoms with Crippen molar-refractivity contribution in [3.05, 3.63) is 53.8 Å². The second-order valence-corrected chi connectivity index (χ2v) is 4.86. The number of fused-ring (bicyclic) bond motifs is 1. The lowest BCUT2D eigenvalue weighted by Crippen LogP contribution is -2.22. The summed E-state index contributed by atoms with van der Waals surface area (Å²) in [6.45, 7) is 0.545. The van der Waals surface area contributed by atoms with Gasteiger partial charge in [0.15, 0.2) is 11.6 Å². The number of hydrogen-bond acceptors (Lipinski definition) is 3. The molecule has 1 atom stereocenters. The van der Waals surface area contributed by atoms with E-state index in [1.807, 2.05) is 24.3 Å². The molecule has 0 fully saturated rings. The lowest BCUT2D eigenvalue weighted by molar-refractivity contribution is -0.117. The van der Waals surface area contributed by atoms with Gasteiger partial charge in [-0.05, 0) is 23.8 Å². The third-order valence-corrected chi connectivity index (χ3v) is 3.57. The number of amides is 1. The van der Waals surface area contributed by atoms with Gasteiger partial charge in [0.2, 0.25) is 5.91 Å². The molecule has 0 aliphatic carbocycles. The maximum absolute atomic E-state index is 13.6. The van der Waals surface area contributed by atoms with Gasteiger partial charge < -0.3 is 15.4 Å². The van der Waals surface area contributed by atoms with E-state index in [-0.39, 0.29) is 17.6 Å². The number of nitrogens with one attached hydrogen (secondary N) is 2. The van der Waals surface area contributed by atoms with E-state index in [2.05, 4.69) is 10.6 Å². The van der Waals surface area contributed by atoms with Gasteiger partial charge in [-0.25, -0.2) is 4.39 Å². The SMILES string of the molecule is COc1ccc(NC(=O)C2CNc3ccccc32)cc1F. The molecule has 0 radical (unpaired) electrons. The fourth-order valence-corrected chi connectivity index (χ4v) is 2.49. The highest BCUT2D eigenvalue weighted by Gasteiger charge is 2.28. The Morgan fingerprint density at radius 3 is 2.90 bits per heavy atom. The van der Waals surface area contributed by atoms with Crippen LogP contribution in [-0.4, -0.2) is 19.6 Å². The molecule has 0 spiro atoms. The standard InChI is InChI=1S/C16H15FN2O2/c1-21-15-7-6-10(8-13(15)17)19-16(20)12-9-18-14-5-3-2-4-11(12)14/h2-8,12,18H,9H2,1H3,(H,19,20). The Morgan fingerprint density at radius 2 is 2.14 bits per heavy atom. The average molecular weight is 286 g/mol. The van der Waals surface area contributed by atoms with Gasteiger partial charge >= 0.3 is 0 Å². The number of para-hydroxylation sites is 1. The Morgan fingerprint density at radius 1 is 1.33 bits per heavy atom. The molecule has 2 aromatic rings. The molecule has 0 aromatic heterocycles. The summed E-state index contributed by atoms with van der Waals surface area (Å²) in [7, 11) is 1.40. The molecule has 4 nitrogen and oxygen atoms in total. The molecule has 2 aromatic carbocycles. The first-order valence-electron chi connectivity index (χ1n) is 6.66. The van der Waals surface area contributed by atoms with Crippen molar-refractivity contribution in [3.8, 4) is 5.75 Å². The minimum absolute atomic E-state index is 0.154. The maximum atomic E-state index is 13.6. The molecule has 0 saturated heterocycles. The molecule has 2 N–H and O–H groups in total. The van der Waals surface area contributed by atoms with Crippen LogP contribution in [0.15, 0.2) is 42.5 Å². The largest absolute Gasteiger partial charge is 0.494 e. The molecule has 0 bridgehead atoms. The highest BCUT2D eigenvalue weighted by Crippen LogP contribution is 2.32. The van der Waals surface area contributed by atoms with Crippen LogP contribution in [0.3, 0.4) is 0 Å². The van der Waals surface area contributed by atoms with Gasteiger partial charge in [0.25, 0.3) is 0 Å². The highest BCUT2D eigenvalue weighted by atomic mass is 19.1. The van der Waals surface area contributed by atoms with Crippen LogP contribution < -0.4 is 15.4 Å². The third-order valence-electron chi connectivity index (χ3n) is 3.57. The normalized spacial score (nSPS) is 16.0. The zero-order valence-electron chi connectivity index (χ0n) is 11.5. The Balaban J connectivity index is 1.77. The molecule has 5 heteroatoms. The van der Waals surface area contributed by atoms with Crippen LogP contribution in [0, 0.1) is 5.82 Å². The van der Waals surface area contributed by atoms with Crippen LogP contribution in [0.2, 0.25) is 0 Å². The predicted octanol–water partition coefficient (Wildman–Crippen LogP) is 2.98. The summed E-state index contributed by atoms with van der Waals surface area (Å²) >= 11 is 0. The van der Waals surface area contributed by atoms with Crippen molar-refractivity contribution in [3.63, 3.8) is 0 Å². The second-order valence-electron chi connectivity index (χ2n) is 4.86. The molecule has 108 valence electrons. The summed E-state index contributed by atoms with van der Waals surface area (Å²) in [6.07, 6.45) is 0. The Hall–Kier alpha value is -2.56. The van der Waals surface area contributed by atoms with Gasteiger partial charge in [-0.3, -0.25) is 4.79 Å². The molecule has 1 unspecified atom stereocenters. The van der Waals surface area contributed by atoms with E-state index >= 15 is 0 Å². The number of hydrogen-bond donors (Lipinski definition) is 2. The molecule has 3 rings (SSSR count). The average Bonchev–Trinajstić information content (AvgIpc) is 2.91. The number of carbonyl (C=O) groups excluding carboxylic acids is 1. The third kappa shape index (κ3) is 2.54. The first-order chi connectivity index (χ1) is 10.2. The van der Waals surface area contributed by atoms with Gasteiger partial charge in [-0.2, -0.15) is 0 Å². The number of halogens is 1. The first kappa shape index (κ1) is 13.4. The Kier molecular flexibility index (Phi) is 3.48. The van der Waals surface area contributed by atoms with E-state index in [1.54, 1.807) is 6.07 Å². The van der Waals surface area contributed by atoms with Crippen LogP contribution in [0.4, 0.5) is 15.8 Å². The number of carbonyl (C=O) groups is 1. The van der Waals surface area contributed by atoms with E-state index in [0.29, 0.717) is 12.2 Å². The van der Waals surface area contributed by atoms with Crippen LogP contribution in [0.25, 0.3) is 0 Å². The number of methoxy groups -OCH3 is 1. The molecular weight excluding hydrogens is 271 g/mol. The molecule has 1 amide bonds. The zero-order chi connectivity index (χ0) is 14.8. The Bertz CT molecular complexity index is 688.